The maximum absolute atomic E-state index is 13.0. The molecule has 0 saturated heterocycles. The summed E-state index contributed by atoms with van der Waals surface area (Å²) in [7, 11) is 0. The minimum absolute atomic E-state index is 0.158. The molecule has 1 aromatic carbocycles. The molecule has 0 spiro atoms. The van der Waals surface area contributed by atoms with Crippen molar-refractivity contribution in [2.24, 2.45) is 0 Å². The van der Waals surface area contributed by atoms with Crippen LogP contribution in [0.1, 0.15) is 16.8 Å². The van der Waals surface area contributed by atoms with Gasteiger partial charge in [-0.3, -0.25) is 0 Å². The van der Waals surface area contributed by atoms with Crippen LogP contribution in [0.4, 0.5) is 4.39 Å². The van der Waals surface area contributed by atoms with Gasteiger partial charge in [-0.2, -0.15) is 5.26 Å². The maximum atomic E-state index is 13.0. The number of hydrogen-bond acceptors (Lipinski definition) is 3. The average Bonchev–Trinajstić information content (AvgIpc) is 2.46. The molecule has 96 valence electrons. The van der Waals surface area contributed by atoms with E-state index >= 15 is 0 Å². The van der Waals surface area contributed by atoms with E-state index in [4.69, 9.17) is 21.6 Å². The van der Waals surface area contributed by atoms with E-state index < -0.39 is 0 Å². The summed E-state index contributed by atoms with van der Waals surface area (Å²) in [6.45, 7) is 0.187. The van der Waals surface area contributed by atoms with Gasteiger partial charge in [-0.1, -0.05) is 6.07 Å². The SMILES string of the molecule is N#Cc1ncccc1COc1ccc(F)cc1CCl. The van der Waals surface area contributed by atoms with Crippen LogP contribution >= 0.6 is 11.6 Å². The second-order valence-electron chi connectivity index (χ2n) is 3.80. The third kappa shape index (κ3) is 3.21. The Morgan fingerprint density at radius 3 is 2.89 bits per heavy atom. The molecule has 0 amide bonds. The molecule has 0 N–H and O–H groups in total. The van der Waals surface area contributed by atoms with Crippen LogP contribution in [-0.4, -0.2) is 4.98 Å². The van der Waals surface area contributed by atoms with Crippen LogP contribution in [0.3, 0.4) is 0 Å². The monoisotopic (exact) mass is 276 g/mol. The lowest BCUT2D eigenvalue weighted by atomic mass is 10.2. The molecule has 5 heteroatoms. The molecular weight excluding hydrogens is 267 g/mol. The van der Waals surface area contributed by atoms with Gasteiger partial charge >= 0.3 is 0 Å². The summed E-state index contributed by atoms with van der Waals surface area (Å²) in [5.74, 6) is 0.303. The van der Waals surface area contributed by atoms with Gasteiger partial charge in [0.15, 0.2) is 0 Å². The van der Waals surface area contributed by atoms with Crippen molar-refractivity contribution >= 4 is 11.6 Å². The van der Waals surface area contributed by atoms with Crippen LogP contribution in [0.15, 0.2) is 36.5 Å². The number of ether oxygens (including phenoxy) is 1. The minimum Gasteiger partial charge on any atom is -0.488 e. The molecule has 0 radical (unpaired) electrons. The predicted molar refractivity (Wildman–Crippen MR) is 69.2 cm³/mol. The van der Waals surface area contributed by atoms with Gasteiger partial charge in [0.25, 0.3) is 0 Å². The molecule has 0 aliphatic carbocycles. The van der Waals surface area contributed by atoms with Crippen LogP contribution in [-0.2, 0) is 12.5 Å². The first-order valence-electron chi connectivity index (χ1n) is 5.55. The first-order valence-corrected chi connectivity index (χ1v) is 6.09. The summed E-state index contributed by atoms with van der Waals surface area (Å²) in [5.41, 5.74) is 1.57. The fourth-order valence-corrected chi connectivity index (χ4v) is 1.81. The van der Waals surface area contributed by atoms with Gasteiger partial charge in [-0.25, -0.2) is 9.37 Å². The van der Waals surface area contributed by atoms with Gasteiger partial charge in [0.05, 0.1) is 5.88 Å². The lowest BCUT2D eigenvalue weighted by Gasteiger charge is -2.10. The van der Waals surface area contributed by atoms with E-state index in [9.17, 15) is 4.39 Å². The second kappa shape index (κ2) is 6.17. The van der Waals surface area contributed by atoms with Gasteiger partial charge in [-0.05, 0) is 24.3 Å². The summed E-state index contributed by atoms with van der Waals surface area (Å²) in [5, 5.41) is 8.91. The van der Waals surface area contributed by atoms with Gasteiger partial charge < -0.3 is 4.74 Å². The van der Waals surface area contributed by atoms with E-state index in [0.29, 0.717) is 22.6 Å². The van der Waals surface area contributed by atoms with Crippen molar-refractivity contribution in [3.05, 3.63) is 59.2 Å². The molecule has 2 rings (SSSR count). The molecule has 0 unspecified atom stereocenters. The fraction of sp³-hybridized carbons (Fsp3) is 0.143. The Kier molecular flexibility index (Phi) is 4.32. The summed E-state index contributed by atoms with van der Waals surface area (Å²) in [6, 6.07) is 9.64. The Labute approximate surface area is 115 Å². The first kappa shape index (κ1) is 13.3. The summed E-state index contributed by atoms with van der Waals surface area (Å²) in [6.07, 6.45) is 1.55. The van der Waals surface area contributed by atoms with Gasteiger partial charge in [0.2, 0.25) is 0 Å². The van der Waals surface area contributed by atoms with Crippen molar-refractivity contribution in [3.8, 4) is 11.8 Å². The van der Waals surface area contributed by atoms with E-state index in [0.717, 1.165) is 0 Å². The van der Waals surface area contributed by atoms with Crippen molar-refractivity contribution in [2.45, 2.75) is 12.5 Å². The molecule has 3 nitrogen and oxygen atoms in total. The van der Waals surface area contributed by atoms with E-state index in [-0.39, 0.29) is 18.3 Å². The number of alkyl halides is 1. The van der Waals surface area contributed by atoms with Crippen molar-refractivity contribution in [2.75, 3.05) is 0 Å². The Bertz CT molecular complexity index is 625. The molecule has 1 aromatic heterocycles. The highest BCUT2D eigenvalue weighted by molar-refractivity contribution is 6.17. The smallest absolute Gasteiger partial charge is 0.147 e. The Hall–Kier alpha value is -2.12. The summed E-state index contributed by atoms with van der Waals surface area (Å²) < 4.78 is 18.6. The molecular formula is C14H10ClFN2O. The average molecular weight is 277 g/mol. The van der Waals surface area contributed by atoms with Crippen LogP contribution in [0, 0.1) is 17.1 Å². The number of aromatic nitrogens is 1. The lowest BCUT2D eigenvalue weighted by molar-refractivity contribution is 0.302. The molecule has 1 heterocycles. The van der Waals surface area contributed by atoms with E-state index in [1.54, 1.807) is 18.3 Å². The van der Waals surface area contributed by atoms with Crippen LogP contribution in [0.5, 0.6) is 5.75 Å². The topological polar surface area (TPSA) is 45.9 Å². The van der Waals surface area contributed by atoms with Crippen LogP contribution in [0.2, 0.25) is 0 Å². The third-order valence-electron chi connectivity index (χ3n) is 2.55. The molecule has 0 atom stereocenters. The largest absolute Gasteiger partial charge is 0.488 e. The fourth-order valence-electron chi connectivity index (χ4n) is 1.60. The predicted octanol–water partition coefficient (Wildman–Crippen LogP) is 3.41. The number of halogens is 2. The second-order valence-corrected chi connectivity index (χ2v) is 4.06. The summed E-state index contributed by atoms with van der Waals surface area (Å²) >= 11 is 5.73. The Morgan fingerprint density at radius 2 is 2.16 bits per heavy atom. The zero-order valence-electron chi connectivity index (χ0n) is 9.94. The number of nitrogens with zero attached hydrogens (tertiary/aromatic N) is 2. The van der Waals surface area contributed by atoms with Crippen molar-refractivity contribution in [1.82, 2.24) is 4.98 Å². The van der Waals surface area contributed by atoms with Gasteiger partial charge in [0.1, 0.15) is 29.9 Å². The van der Waals surface area contributed by atoms with E-state index in [1.807, 2.05) is 6.07 Å². The first-order chi connectivity index (χ1) is 9.24. The highest BCUT2D eigenvalue weighted by Gasteiger charge is 2.07. The number of rotatable bonds is 4. The summed E-state index contributed by atoms with van der Waals surface area (Å²) in [4.78, 5) is 3.94. The molecule has 2 aromatic rings. The quantitative estimate of drug-likeness (QED) is 0.804. The van der Waals surface area contributed by atoms with Crippen LogP contribution < -0.4 is 4.74 Å². The number of nitriles is 1. The highest BCUT2D eigenvalue weighted by atomic mass is 35.5. The molecule has 19 heavy (non-hydrogen) atoms. The zero-order valence-corrected chi connectivity index (χ0v) is 10.7. The normalized spacial score (nSPS) is 9.95. The molecule has 0 bridgehead atoms. The Balaban J connectivity index is 2.17. The third-order valence-corrected chi connectivity index (χ3v) is 2.83. The Morgan fingerprint density at radius 1 is 1.32 bits per heavy atom. The van der Waals surface area contributed by atoms with Gasteiger partial charge in [-0.15, -0.1) is 11.6 Å². The van der Waals surface area contributed by atoms with Gasteiger partial charge in [0, 0.05) is 17.3 Å². The number of benzene rings is 1. The van der Waals surface area contributed by atoms with E-state index in [2.05, 4.69) is 4.98 Å². The van der Waals surface area contributed by atoms with Crippen molar-refractivity contribution in [3.63, 3.8) is 0 Å². The molecule has 0 saturated carbocycles. The van der Waals surface area contributed by atoms with Crippen LogP contribution in [0.25, 0.3) is 0 Å². The molecule has 0 fully saturated rings. The molecule has 0 aliphatic heterocycles. The maximum Gasteiger partial charge on any atom is 0.147 e. The number of hydrogen-bond donors (Lipinski definition) is 0. The lowest BCUT2D eigenvalue weighted by Crippen LogP contribution is -2.01. The van der Waals surface area contributed by atoms with E-state index in [1.165, 1.54) is 18.2 Å². The zero-order chi connectivity index (χ0) is 13.7. The van der Waals surface area contributed by atoms with Crippen molar-refractivity contribution < 1.29 is 9.13 Å². The van der Waals surface area contributed by atoms with Crippen molar-refractivity contribution in [1.29, 1.82) is 5.26 Å². The minimum atomic E-state index is -0.359. The standard InChI is InChI=1S/C14H10ClFN2O/c15-7-11-6-12(16)3-4-14(11)19-9-10-2-1-5-18-13(10)8-17/h1-6H,7,9H2. The molecule has 0 aliphatic rings. The highest BCUT2D eigenvalue weighted by Crippen LogP contribution is 2.22. The number of pyridine rings is 1.